The number of rotatable bonds is 5. The fraction of sp³-hybridized carbons (Fsp3) is 0.579. The van der Waals surface area contributed by atoms with Crippen molar-refractivity contribution in [1.82, 2.24) is 0 Å². The Morgan fingerprint density at radius 2 is 1.65 bits per heavy atom. The number of benzene rings is 1. The Bertz CT molecular complexity index is 563. The average Bonchev–Trinajstić information content (AvgIpc) is 2.53. The average molecular weight is 381 g/mol. The number of halogens is 1. The smallest absolute Gasteiger partial charge is 0.306 e. The molecule has 23 heavy (non-hydrogen) atoms. The van der Waals surface area contributed by atoms with E-state index in [2.05, 4.69) is 28.1 Å². The molecule has 126 valence electrons. The molecule has 0 saturated heterocycles. The molecular formula is C19H25BrO3. The monoisotopic (exact) mass is 380 g/mol. The number of carboxylic acids is 1. The molecule has 0 radical (unpaired) electrons. The summed E-state index contributed by atoms with van der Waals surface area (Å²) in [6.07, 6.45) is 3.99. The fourth-order valence-corrected chi connectivity index (χ4v) is 3.63. The zero-order valence-electron chi connectivity index (χ0n) is 14.0. The van der Waals surface area contributed by atoms with Gasteiger partial charge in [-0.15, -0.1) is 0 Å². The lowest BCUT2D eigenvalue weighted by Gasteiger charge is -2.31. The van der Waals surface area contributed by atoms with Crippen molar-refractivity contribution in [2.24, 2.45) is 11.8 Å². The van der Waals surface area contributed by atoms with Crippen LogP contribution in [0.15, 0.2) is 24.3 Å². The molecule has 0 spiro atoms. The van der Waals surface area contributed by atoms with E-state index in [0.29, 0.717) is 11.8 Å². The number of aliphatic carboxylic acids is 1. The Morgan fingerprint density at radius 3 is 2.09 bits per heavy atom. The zero-order chi connectivity index (χ0) is 17.2. The predicted molar refractivity (Wildman–Crippen MR) is 95.3 cm³/mol. The van der Waals surface area contributed by atoms with Gasteiger partial charge in [0.25, 0.3) is 0 Å². The summed E-state index contributed by atoms with van der Waals surface area (Å²) in [7, 11) is 0. The summed E-state index contributed by atoms with van der Waals surface area (Å²) in [6, 6.07) is 7.93. The highest BCUT2D eigenvalue weighted by Gasteiger charge is 2.30. The van der Waals surface area contributed by atoms with Crippen molar-refractivity contribution in [3.05, 3.63) is 35.4 Å². The van der Waals surface area contributed by atoms with Crippen LogP contribution in [-0.4, -0.2) is 21.2 Å². The summed E-state index contributed by atoms with van der Waals surface area (Å²) in [4.78, 5) is 23.3. The maximum Gasteiger partial charge on any atom is 0.306 e. The van der Waals surface area contributed by atoms with Crippen molar-refractivity contribution in [2.75, 3.05) is 0 Å². The molecule has 1 aromatic carbocycles. The lowest BCUT2D eigenvalue weighted by atomic mass is 9.74. The fourth-order valence-electron chi connectivity index (χ4n) is 3.40. The minimum Gasteiger partial charge on any atom is -0.481 e. The molecule has 0 aromatic heterocycles. The molecule has 4 heteroatoms. The van der Waals surface area contributed by atoms with E-state index in [-0.39, 0.29) is 11.7 Å². The van der Waals surface area contributed by atoms with Gasteiger partial charge in [-0.1, -0.05) is 47.1 Å². The van der Waals surface area contributed by atoms with Gasteiger partial charge < -0.3 is 5.11 Å². The largest absolute Gasteiger partial charge is 0.481 e. The van der Waals surface area contributed by atoms with Crippen LogP contribution in [0.25, 0.3) is 0 Å². The maximum absolute atomic E-state index is 12.2. The number of ketones is 1. The molecule has 0 bridgehead atoms. The molecule has 1 unspecified atom stereocenters. The second-order valence-corrected chi connectivity index (χ2v) is 9.14. The quantitative estimate of drug-likeness (QED) is 0.574. The lowest BCUT2D eigenvalue weighted by molar-refractivity contribution is -0.143. The van der Waals surface area contributed by atoms with Crippen LogP contribution >= 0.6 is 15.9 Å². The molecule has 0 amide bonds. The van der Waals surface area contributed by atoms with Gasteiger partial charge in [-0.3, -0.25) is 9.59 Å². The predicted octanol–water partition coefficient (Wildman–Crippen LogP) is 5.04. The van der Waals surface area contributed by atoms with Gasteiger partial charge in [0, 0.05) is 5.56 Å². The molecular weight excluding hydrogens is 356 g/mol. The van der Waals surface area contributed by atoms with E-state index in [1.165, 1.54) is 5.56 Å². The third kappa shape index (κ3) is 4.43. The third-order valence-corrected chi connectivity index (χ3v) is 5.41. The highest BCUT2D eigenvalue weighted by molar-refractivity contribution is 9.10. The molecule has 1 aromatic rings. The first-order valence-corrected chi connectivity index (χ1v) is 9.06. The molecule has 1 aliphatic carbocycles. The molecule has 2 rings (SSSR count). The van der Waals surface area contributed by atoms with E-state index in [9.17, 15) is 9.59 Å². The molecule has 1 fully saturated rings. The lowest BCUT2D eigenvalue weighted by Crippen LogP contribution is -2.25. The minimum absolute atomic E-state index is 0.0861. The van der Waals surface area contributed by atoms with Crippen LogP contribution in [-0.2, 0) is 4.79 Å². The van der Waals surface area contributed by atoms with Crippen molar-refractivity contribution in [2.45, 2.75) is 56.7 Å². The van der Waals surface area contributed by atoms with Gasteiger partial charge in [0.05, 0.1) is 10.2 Å². The van der Waals surface area contributed by atoms with Gasteiger partial charge in [-0.25, -0.2) is 0 Å². The first-order chi connectivity index (χ1) is 10.7. The van der Waals surface area contributed by atoms with Gasteiger partial charge in [0.1, 0.15) is 0 Å². The maximum atomic E-state index is 12.2. The standard InChI is InChI=1S/C19H25BrO3/c1-12(18(22)23)13-4-6-14(7-5-13)15-8-10-16(11-9-15)17(21)19(2,3)20/h8-14H,4-7H2,1-3H3,(H,22,23). The van der Waals surface area contributed by atoms with E-state index in [1.807, 2.05) is 32.9 Å². The molecule has 3 nitrogen and oxygen atoms in total. The van der Waals surface area contributed by atoms with Crippen molar-refractivity contribution >= 4 is 27.7 Å². The molecule has 1 saturated carbocycles. The SMILES string of the molecule is CC(C(=O)O)C1CCC(c2ccc(C(=O)C(C)(C)Br)cc2)CC1. The Kier molecular flexibility index (Phi) is 5.66. The summed E-state index contributed by atoms with van der Waals surface area (Å²) in [5, 5.41) is 9.13. The van der Waals surface area contributed by atoms with Gasteiger partial charge in [0.2, 0.25) is 0 Å². The van der Waals surface area contributed by atoms with Crippen LogP contribution in [0.4, 0.5) is 0 Å². The number of alkyl halides is 1. The highest BCUT2D eigenvalue weighted by Crippen LogP contribution is 2.39. The molecule has 1 atom stereocenters. The second kappa shape index (κ2) is 7.16. The van der Waals surface area contributed by atoms with Crippen molar-refractivity contribution in [1.29, 1.82) is 0 Å². The molecule has 1 aliphatic rings. The van der Waals surface area contributed by atoms with E-state index in [1.54, 1.807) is 0 Å². The highest BCUT2D eigenvalue weighted by atomic mass is 79.9. The Hall–Kier alpha value is -1.16. The minimum atomic E-state index is -0.686. The topological polar surface area (TPSA) is 54.4 Å². The number of carbonyl (C=O) groups excluding carboxylic acids is 1. The van der Waals surface area contributed by atoms with Crippen LogP contribution in [0.3, 0.4) is 0 Å². The number of hydrogen-bond acceptors (Lipinski definition) is 2. The number of hydrogen-bond donors (Lipinski definition) is 1. The second-order valence-electron chi connectivity index (χ2n) is 7.16. The van der Waals surface area contributed by atoms with Crippen molar-refractivity contribution < 1.29 is 14.7 Å². The van der Waals surface area contributed by atoms with Gasteiger partial charge in [0.15, 0.2) is 5.78 Å². The van der Waals surface area contributed by atoms with Crippen molar-refractivity contribution in [3.63, 3.8) is 0 Å². The van der Waals surface area contributed by atoms with Crippen LogP contribution in [0.1, 0.15) is 68.3 Å². The third-order valence-electron chi connectivity index (χ3n) is 5.05. The number of carbonyl (C=O) groups is 2. The molecule has 0 aliphatic heterocycles. The van der Waals surface area contributed by atoms with Gasteiger partial charge in [-0.05, 0) is 56.9 Å². The first-order valence-electron chi connectivity index (χ1n) is 8.26. The number of carboxylic acid groups (broad SMARTS) is 1. The van der Waals surface area contributed by atoms with E-state index in [0.717, 1.165) is 31.2 Å². The summed E-state index contributed by atoms with van der Waals surface area (Å²) >= 11 is 3.41. The van der Waals surface area contributed by atoms with E-state index in [4.69, 9.17) is 5.11 Å². The summed E-state index contributed by atoms with van der Waals surface area (Å²) in [6.45, 7) is 5.53. The molecule has 0 heterocycles. The van der Waals surface area contributed by atoms with Gasteiger partial charge >= 0.3 is 5.97 Å². The van der Waals surface area contributed by atoms with E-state index < -0.39 is 10.3 Å². The summed E-state index contributed by atoms with van der Waals surface area (Å²) < 4.78 is -0.542. The van der Waals surface area contributed by atoms with Crippen LogP contribution in [0.5, 0.6) is 0 Å². The first kappa shape index (κ1) is 18.2. The zero-order valence-corrected chi connectivity index (χ0v) is 15.6. The Labute approximate surface area is 146 Å². The Morgan fingerprint density at radius 1 is 1.13 bits per heavy atom. The molecule has 1 N–H and O–H groups in total. The van der Waals surface area contributed by atoms with Crippen LogP contribution in [0.2, 0.25) is 0 Å². The summed E-state index contributed by atoms with van der Waals surface area (Å²) in [5.74, 6) is -0.0824. The van der Waals surface area contributed by atoms with E-state index >= 15 is 0 Å². The Balaban J connectivity index is 1.99. The van der Waals surface area contributed by atoms with Crippen molar-refractivity contribution in [3.8, 4) is 0 Å². The normalized spacial score (nSPS) is 23.3. The van der Waals surface area contributed by atoms with Crippen LogP contribution in [0, 0.1) is 11.8 Å². The van der Waals surface area contributed by atoms with Crippen LogP contribution < -0.4 is 0 Å². The number of Topliss-reactive ketones (excluding diaryl/α,β-unsaturated/α-hetero) is 1. The van der Waals surface area contributed by atoms with Gasteiger partial charge in [-0.2, -0.15) is 0 Å². The summed E-state index contributed by atoms with van der Waals surface area (Å²) in [5.41, 5.74) is 1.99.